The van der Waals surface area contributed by atoms with Crippen molar-refractivity contribution in [1.29, 1.82) is 0 Å². The first-order valence-electron chi connectivity index (χ1n) is 6.38. The second-order valence-electron chi connectivity index (χ2n) is 4.38. The van der Waals surface area contributed by atoms with Gasteiger partial charge >= 0.3 is 0 Å². The summed E-state index contributed by atoms with van der Waals surface area (Å²) in [5, 5.41) is 2.44. The number of carbonyl (C=O) groups excluding carboxylic acids is 2. The first-order chi connectivity index (χ1) is 10.1. The number of nitrogens with one attached hydrogen (secondary N) is 1. The smallest absolute Gasteiger partial charge is 0.265 e. The Morgan fingerprint density at radius 2 is 1.86 bits per heavy atom. The summed E-state index contributed by atoms with van der Waals surface area (Å²) < 4.78 is 18.9. The SMILES string of the molecule is C[C@H](Oc1ccccc1C=O)C(=O)Nc1ccccc1F. The van der Waals surface area contributed by atoms with E-state index < -0.39 is 17.8 Å². The molecule has 1 N–H and O–H groups in total. The second-order valence-corrected chi connectivity index (χ2v) is 4.38. The minimum Gasteiger partial charge on any atom is -0.480 e. The molecule has 5 heteroatoms. The van der Waals surface area contributed by atoms with Crippen LogP contribution < -0.4 is 10.1 Å². The Bertz CT molecular complexity index is 657. The summed E-state index contributed by atoms with van der Waals surface area (Å²) >= 11 is 0. The number of ether oxygens (including phenoxy) is 1. The third-order valence-corrected chi connectivity index (χ3v) is 2.85. The van der Waals surface area contributed by atoms with Crippen LogP contribution in [0.5, 0.6) is 5.75 Å². The molecule has 2 aromatic rings. The van der Waals surface area contributed by atoms with Crippen molar-refractivity contribution in [2.45, 2.75) is 13.0 Å². The van der Waals surface area contributed by atoms with E-state index >= 15 is 0 Å². The van der Waals surface area contributed by atoms with Crippen LogP contribution in [0.25, 0.3) is 0 Å². The lowest BCUT2D eigenvalue weighted by atomic mass is 10.2. The number of anilines is 1. The third-order valence-electron chi connectivity index (χ3n) is 2.85. The van der Waals surface area contributed by atoms with E-state index in [-0.39, 0.29) is 5.69 Å². The van der Waals surface area contributed by atoms with Crippen molar-refractivity contribution in [2.75, 3.05) is 5.32 Å². The molecule has 0 spiro atoms. The molecule has 0 aliphatic rings. The minimum absolute atomic E-state index is 0.0848. The standard InChI is InChI=1S/C16H14FNO3/c1-11(21-15-9-5-2-6-12(15)10-19)16(20)18-14-8-4-3-7-13(14)17/h2-11H,1H3,(H,18,20)/t11-/m0/s1. The fraction of sp³-hybridized carbons (Fsp3) is 0.125. The van der Waals surface area contributed by atoms with Gasteiger partial charge < -0.3 is 10.1 Å². The Labute approximate surface area is 121 Å². The van der Waals surface area contributed by atoms with Crippen LogP contribution in [0.2, 0.25) is 0 Å². The summed E-state index contributed by atoms with van der Waals surface area (Å²) in [7, 11) is 0. The monoisotopic (exact) mass is 287 g/mol. The van der Waals surface area contributed by atoms with Crippen LogP contribution in [0.4, 0.5) is 10.1 Å². The van der Waals surface area contributed by atoms with Crippen LogP contribution in [0.15, 0.2) is 48.5 Å². The maximum Gasteiger partial charge on any atom is 0.265 e. The zero-order valence-electron chi connectivity index (χ0n) is 11.4. The molecule has 0 bridgehead atoms. The van der Waals surface area contributed by atoms with E-state index in [0.29, 0.717) is 17.6 Å². The summed E-state index contributed by atoms with van der Waals surface area (Å²) in [6.07, 6.45) is -0.220. The van der Waals surface area contributed by atoms with Gasteiger partial charge in [0.15, 0.2) is 12.4 Å². The summed E-state index contributed by atoms with van der Waals surface area (Å²) in [5.41, 5.74) is 0.435. The number of hydrogen-bond acceptors (Lipinski definition) is 3. The average molecular weight is 287 g/mol. The summed E-state index contributed by atoms with van der Waals surface area (Å²) in [6, 6.07) is 12.4. The molecule has 0 aromatic heterocycles. The lowest BCUT2D eigenvalue weighted by molar-refractivity contribution is -0.122. The van der Waals surface area contributed by atoms with E-state index in [2.05, 4.69) is 5.32 Å². The molecule has 0 heterocycles. The van der Waals surface area contributed by atoms with Crippen LogP contribution in [-0.2, 0) is 4.79 Å². The molecule has 0 saturated heterocycles. The summed E-state index contributed by atoms with van der Waals surface area (Å²) in [6.45, 7) is 1.53. The zero-order valence-corrected chi connectivity index (χ0v) is 11.4. The van der Waals surface area contributed by atoms with Gasteiger partial charge in [0.05, 0.1) is 11.3 Å². The van der Waals surface area contributed by atoms with Crippen molar-refractivity contribution in [2.24, 2.45) is 0 Å². The Kier molecular flexibility index (Phi) is 4.66. The van der Waals surface area contributed by atoms with E-state index in [0.717, 1.165) is 0 Å². The van der Waals surface area contributed by atoms with Gasteiger partial charge in [-0.2, -0.15) is 0 Å². The molecular formula is C16H14FNO3. The first kappa shape index (κ1) is 14.7. The van der Waals surface area contributed by atoms with Crippen LogP contribution in [0, 0.1) is 5.82 Å². The Balaban J connectivity index is 2.06. The number of para-hydroxylation sites is 2. The van der Waals surface area contributed by atoms with Gasteiger partial charge in [0.2, 0.25) is 0 Å². The van der Waals surface area contributed by atoms with Crippen molar-refractivity contribution in [3.05, 3.63) is 59.9 Å². The fourth-order valence-corrected chi connectivity index (χ4v) is 1.73. The highest BCUT2D eigenvalue weighted by atomic mass is 19.1. The van der Waals surface area contributed by atoms with E-state index in [4.69, 9.17) is 4.74 Å². The molecule has 0 aliphatic carbocycles. The maximum absolute atomic E-state index is 13.5. The van der Waals surface area contributed by atoms with Crippen LogP contribution >= 0.6 is 0 Å². The number of hydrogen-bond donors (Lipinski definition) is 1. The van der Waals surface area contributed by atoms with Crippen molar-refractivity contribution in [3.63, 3.8) is 0 Å². The van der Waals surface area contributed by atoms with E-state index in [1.54, 1.807) is 30.3 Å². The van der Waals surface area contributed by atoms with Crippen molar-refractivity contribution in [3.8, 4) is 5.75 Å². The number of amides is 1. The molecule has 4 nitrogen and oxygen atoms in total. The van der Waals surface area contributed by atoms with Gasteiger partial charge in [0.1, 0.15) is 11.6 Å². The molecule has 1 amide bonds. The highest BCUT2D eigenvalue weighted by molar-refractivity contribution is 5.94. The normalized spacial score (nSPS) is 11.5. The largest absolute Gasteiger partial charge is 0.480 e. The number of benzene rings is 2. The Hall–Kier alpha value is -2.69. The van der Waals surface area contributed by atoms with Gasteiger partial charge in [-0.05, 0) is 31.2 Å². The van der Waals surface area contributed by atoms with Crippen LogP contribution in [0.1, 0.15) is 17.3 Å². The number of aldehydes is 1. The minimum atomic E-state index is -0.870. The third kappa shape index (κ3) is 3.66. The first-order valence-corrected chi connectivity index (χ1v) is 6.38. The molecule has 2 aromatic carbocycles. The summed E-state index contributed by atoms with van der Waals surface area (Å²) in [5.74, 6) is -0.712. The summed E-state index contributed by atoms with van der Waals surface area (Å²) in [4.78, 5) is 22.9. The van der Waals surface area contributed by atoms with E-state index in [1.807, 2.05) is 0 Å². The number of rotatable bonds is 5. The van der Waals surface area contributed by atoms with Gasteiger partial charge in [0.25, 0.3) is 5.91 Å². The van der Waals surface area contributed by atoms with Crippen molar-refractivity contribution < 1.29 is 18.7 Å². The molecule has 0 fully saturated rings. The Morgan fingerprint density at radius 1 is 1.19 bits per heavy atom. The molecule has 21 heavy (non-hydrogen) atoms. The molecule has 2 rings (SSSR count). The van der Waals surface area contributed by atoms with Crippen molar-refractivity contribution in [1.82, 2.24) is 0 Å². The van der Waals surface area contributed by atoms with Gasteiger partial charge in [-0.1, -0.05) is 24.3 Å². The Morgan fingerprint density at radius 3 is 2.57 bits per heavy atom. The van der Waals surface area contributed by atoms with E-state index in [9.17, 15) is 14.0 Å². The van der Waals surface area contributed by atoms with E-state index in [1.165, 1.54) is 25.1 Å². The molecule has 0 saturated carbocycles. The molecular weight excluding hydrogens is 273 g/mol. The van der Waals surface area contributed by atoms with Gasteiger partial charge in [-0.3, -0.25) is 9.59 Å². The molecule has 0 radical (unpaired) electrons. The molecule has 108 valence electrons. The molecule has 1 atom stereocenters. The number of carbonyl (C=O) groups is 2. The fourth-order valence-electron chi connectivity index (χ4n) is 1.73. The lowest BCUT2D eigenvalue weighted by Crippen LogP contribution is -2.30. The quantitative estimate of drug-likeness (QED) is 0.860. The second kappa shape index (κ2) is 6.65. The molecule has 0 aliphatic heterocycles. The molecule has 0 unspecified atom stereocenters. The van der Waals surface area contributed by atoms with Crippen molar-refractivity contribution >= 4 is 17.9 Å². The highest BCUT2D eigenvalue weighted by Gasteiger charge is 2.17. The van der Waals surface area contributed by atoms with Gasteiger partial charge in [-0.15, -0.1) is 0 Å². The predicted octanol–water partition coefficient (Wildman–Crippen LogP) is 3.04. The lowest BCUT2D eigenvalue weighted by Gasteiger charge is -2.16. The maximum atomic E-state index is 13.5. The average Bonchev–Trinajstić information content (AvgIpc) is 2.50. The van der Waals surface area contributed by atoms with Crippen LogP contribution in [0.3, 0.4) is 0 Å². The topological polar surface area (TPSA) is 55.4 Å². The van der Waals surface area contributed by atoms with Gasteiger partial charge in [-0.25, -0.2) is 4.39 Å². The number of halogens is 1. The highest BCUT2D eigenvalue weighted by Crippen LogP contribution is 2.18. The van der Waals surface area contributed by atoms with Crippen LogP contribution in [-0.4, -0.2) is 18.3 Å². The predicted molar refractivity (Wildman–Crippen MR) is 76.9 cm³/mol. The van der Waals surface area contributed by atoms with Gasteiger partial charge in [0, 0.05) is 0 Å². The zero-order chi connectivity index (χ0) is 15.2.